The number of carbonyl (C=O) groups is 1. The second-order valence-electron chi connectivity index (χ2n) is 4.79. The van der Waals surface area contributed by atoms with Crippen molar-refractivity contribution >= 4 is 22.9 Å². The molecule has 5 nitrogen and oxygen atoms in total. The maximum absolute atomic E-state index is 13.0. The van der Waals surface area contributed by atoms with Crippen molar-refractivity contribution in [3.8, 4) is 0 Å². The van der Waals surface area contributed by atoms with E-state index < -0.39 is 34.9 Å². The number of benzene rings is 1. The molecule has 0 saturated carbocycles. The molecule has 2 aromatic rings. The van der Waals surface area contributed by atoms with Gasteiger partial charge in [0.25, 0.3) is 11.6 Å². The maximum atomic E-state index is 13.0. The van der Waals surface area contributed by atoms with Crippen molar-refractivity contribution in [3.63, 3.8) is 0 Å². The van der Waals surface area contributed by atoms with E-state index in [2.05, 4.69) is 5.32 Å². The van der Waals surface area contributed by atoms with Crippen LogP contribution in [-0.2, 0) is 12.7 Å². The fraction of sp³-hybridized carbons (Fsp3) is 0.214. The summed E-state index contributed by atoms with van der Waals surface area (Å²) in [4.78, 5) is 22.4. The number of amides is 1. The van der Waals surface area contributed by atoms with Crippen molar-refractivity contribution in [3.05, 3.63) is 61.1 Å². The lowest BCUT2D eigenvalue weighted by Crippen LogP contribution is -2.24. The molecule has 1 aromatic heterocycles. The molecular weight excluding hydrogens is 352 g/mol. The van der Waals surface area contributed by atoms with E-state index in [0.717, 1.165) is 29.5 Å². The average Bonchev–Trinajstić information content (AvgIpc) is 2.87. The first-order valence-corrected chi connectivity index (χ1v) is 7.30. The molecule has 0 atom stereocenters. The fourth-order valence-corrected chi connectivity index (χ4v) is 2.90. The summed E-state index contributed by atoms with van der Waals surface area (Å²) < 4.78 is 51.6. The number of nitrogens with zero attached hydrogens (tertiary/aromatic N) is 1. The third kappa shape index (κ3) is 3.88. The highest BCUT2D eigenvalue weighted by Crippen LogP contribution is 2.33. The molecule has 24 heavy (non-hydrogen) atoms. The number of hydrogen-bond donors (Lipinski definition) is 1. The maximum Gasteiger partial charge on any atom is 0.416 e. The van der Waals surface area contributed by atoms with E-state index in [9.17, 15) is 32.5 Å². The standard InChI is InChI=1S/C14H10F4N2O3S/c1-7-11(20(22)23)5-12(24-7)13(21)19-6-8-2-3-9(15)4-10(8)14(16,17)18/h2-5H,6H2,1H3,(H,19,21). The van der Waals surface area contributed by atoms with Crippen LogP contribution in [0.4, 0.5) is 23.2 Å². The molecule has 10 heteroatoms. The van der Waals surface area contributed by atoms with Gasteiger partial charge in [-0.25, -0.2) is 4.39 Å². The van der Waals surface area contributed by atoms with Crippen LogP contribution in [0.5, 0.6) is 0 Å². The van der Waals surface area contributed by atoms with E-state index in [0.29, 0.717) is 10.9 Å². The summed E-state index contributed by atoms with van der Waals surface area (Å²) in [5.41, 5.74) is -1.72. The molecule has 0 spiro atoms. The van der Waals surface area contributed by atoms with E-state index >= 15 is 0 Å². The highest BCUT2D eigenvalue weighted by molar-refractivity contribution is 7.14. The van der Waals surface area contributed by atoms with E-state index in [1.54, 1.807) is 0 Å². The number of nitro groups is 1. The monoisotopic (exact) mass is 362 g/mol. The topological polar surface area (TPSA) is 72.2 Å². The van der Waals surface area contributed by atoms with Crippen LogP contribution in [0.15, 0.2) is 24.3 Å². The quantitative estimate of drug-likeness (QED) is 0.507. The Balaban J connectivity index is 2.18. The minimum atomic E-state index is -4.76. The fourth-order valence-electron chi connectivity index (χ4n) is 1.99. The molecular formula is C14H10F4N2O3S. The number of nitrogens with one attached hydrogen (secondary N) is 1. The largest absolute Gasteiger partial charge is 0.416 e. The molecule has 0 saturated heterocycles. The highest BCUT2D eigenvalue weighted by Gasteiger charge is 2.33. The van der Waals surface area contributed by atoms with Crippen LogP contribution < -0.4 is 5.32 Å². The Morgan fingerprint density at radius 1 is 1.33 bits per heavy atom. The Morgan fingerprint density at radius 2 is 2.00 bits per heavy atom. The van der Waals surface area contributed by atoms with Crippen LogP contribution >= 0.6 is 11.3 Å². The molecule has 128 valence electrons. The summed E-state index contributed by atoms with van der Waals surface area (Å²) in [5.74, 6) is -1.78. The highest BCUT2D eigenvalue weighted by atomic mass is 32.1. The Morgan fingerprint density at radius 3 is 2.54 bits per heavy atom. The van der Waals surface area contributed by atoms with Gasteiger partial charge in [-0.3, -0.25) is 14.9 Å². The van der Waals surface area contributed by atoms with Crippen molar-refractivity contribution < 1.29 is 27.3 Å². The predicted molar refractivity (Wildman–Crippen MR) is 78.3 cm³/mol. The van der Waals surface area contributed by atoms with E-state index in [4.69, 9.17) is 0 Å². The zero-order valence-electron chi connectivity index (χ0n) is 12.1. The number of rotatable bonds is 4. The predicted octanol–water partition coefficient (Wildman–Crippen LogP) is 4.05. The summed E-state index contributed by atoms with van der Waals surface area (Å²) in [6, 6.07) is 3.20. The van der Waals surface area contributed by atoms with E-state index in [1.807, 2.05) is 0 Å². The molecule has 1 N–H and O–H groups in total. The van der Waals surface area contributed by atoms with E-state index in [1.165, 1.54) is 6.92 Å². The Kier molecular flexibility index (Phi) is 4.88. The van der Waals surface area contributed by atoms with Crippen LogP contribution in [0.3, 0.4) is 0 Å². The van der Waals surface area contributed by atoms with Gasteiger partial charge < -0.3 is 5.32 Å². The van der Waals surface area contributed by atoms with Gasteiger partial charge in [-0.05, 0) is 24.6 Å². The SMILES string of the molecule is Cc1sc(C(=O)NCc2ccc(F)cc2C(F)(F)F)cc1[N+](=O)[O-]. The molecule has 0 unspecified atom stereocenters. The Labute approximate surface area is 137 Å². The second kappa shape index (κ2) is 6.56. The van der Waals surface area contributed by atoms with Gasteiger partial charge in [-0.15, -0.1) is 11.3 Å². The molecule has 0 aliphatic heterocycles. The molecule has 0 aliphatic rings. The van der Waals surface area contributed by atoms with Crippen LogP contribution in [0, 0.1) is 22.9 Å². The first kappa shape index (κ1) is 17.9. The van der Waals surface area contributed by atoms with Gasteiger partial charge in [-0.2, -0.15) is 13.2 Å². The smallest absolute Gasteiger partial charge is 0.347 e. The molecule has 0 bridgehead atoms. The van der Waals surface area contributed by atoms with Gasteiger partial charge in [0.05, 0.1) is 20.2 Å². The van der Waals surface area contributed by atoms with Crippen molar-refractivity contribution in [1.29, 1.82) is 0 Å². The van der Waals surface area contributed by atoms with Crippen molar-refractivity contribution in [2.75, 3.05) is 0 Å². The van der Waals surface area contributed by atoms with Gasteiger partial charge in [0.2, 0.25) is 0 Å². The number of thiophene rings is 1. The first-order chi connectivity index (χ1) is 11.1. The zero-order valence-corrected chi connectivity index (χ0v) is 12.9. The number of alkyl halides is 3. The van der Waals surface area contributed by atoms with Crippen LogP contribution in [-0.4, -0.2) is 10.8 Å². The first-order valence-electron chi connectivity index (χ1n) is 6.48. The molecule has 1 amide bonds. The summed E-state index contributed by atoms with van der Waals surface area (Å²) in [7, 11) is 0. The minimum Gasteiger partial charge on any atom is -0.347 e. The zero-order chi connectivity index (χ0) is 18.1. The Bertz CT molecular complexity index is 802. The summed E-state index contributed by atoms with van der Waals surface area (Å²) in [6.07, 6.45) is -4.76. The lowest BCUT2D eigenvalue weighted by Gasteiger charge is -2.13. The van der Waals surface area contributed by atoms with Crippen molar-refractivity contribution in [2.24, 2.45) is 0 Å². The van der Waals surface area contributed by atoms with Crippen molar-refractivity contribution in [1.82, 2.24) is 5.32 Å². The van der Waals surface area contributed by atoms with Crippen LogP contribution in [0.2, 0.25) is 0 Å². The normalized spacial score (nSPS) is 11.4. The van der Waals surface area contributed by atoms with Gasteiger partial charge in [0.1, 0.15) is 5.82 Å². The molecule has 0 radical (unpaired) electrons. The molecule has 0 fully saturated rings. The third-order valence-electron chi connectivity index (χ3n) is 3.13. The molecule has 1 heterocycles. The van der Waals surface area contributed by atoms with Gasteiger partial charge in [0, 0.05) is 12.6 Å². The number of carbonyl (C=O) groups excluding carboxylic acids is 1. The number of hydrogen-bond acceptors (Lipinski definition) is 4. The minimum absolute atomic E-state index is 0.00914. The third-order valence-corrected chi connectivity index (χ3v) is 4.17. The lowest BCUT2D eigenvalue weighted by atomic mass is 10.1. The summed E-state index contributed by atoms with van der Waals surface area (Å²) >= 11 is 0.862. The van der Waals surface area contributed by atoms with E-state index in [-0.39, 0.29) is 16.1 Å². The second-order valence-corrected chi connectivity index (χ2v) is 6.05. The van der Waals surface area contributed by atoms with Gasteiger partial charge >= 0.3 is 6.18 Å². The average molecular weight is 362 g/mol. The summed E-state index contributed by atoms with van der Waals surface area (Å²) in [6.45, 7) is 0.972. The van der Waals surface area contributed by atoms with Gasteiger partial charge in [0.15, 0.2) is 0 Å². The van der Waals surface area contributed by atoms with Crippen molar-refractivity contribution in [2.45, 2.75) is 19.6 Å². The number of aryl methyl sites for hydroxylation is 1. The molecule has 1 aromatic carbocycles. The Hall–Kier alpha value is -2.49. The molecule has 2 rings (SSSR count). The number of halogens is 4. The van der Waals surface area contributed by atoms with Crippen LogP contribution in [0.1, 0.15) is 25.7 Å². The van der Waals surface area contributed by atoms with Crippen LogP contribution in [0.25, 0.3) is 0 Å². The summed E-state index contributed by atoms with van der Waals surface area (Å²) in [5, 5.41) is 13.0. The van der Waals surface area contributed by atoms with Gasteiger partial charge in [-0.1, -0.05) is 6.07 Å². The molecule has 0 aliphatic carbocycles. The lowest BCUT2D eigenvalue weighted by molar-refractivity contribution is -0.385.